The van der Waals surface area contributed by atoms with E-state index in [4.69, 9.17) is 5.84 Å². The van der Waals surface area contributed by atoms with Crippen molar-refractivity contribution in [3.05, 3.63) is 16.6 Å². The molecule has 0 saturated carbocycles. The van der Waals surface area contributed by atoms with Crippen LogP contribution in [0.25, 0.3) is 0 Å². The Morgan fingerprint density at radius 2 is 2.42 bits per heavy atom. The van der Waals surface area contributed by atoms with Gasteiger partial charge in [-0.15, -0.1) is 0 Å². The van der Waals surface area contributed by atoms with Gasteiger partial charge >= 0.3 is 5.63 Å². The molecule has 0 bridgehead atoms. The van der Waals surface area contributed by atoms with Crippen molar-refractivity contribution in [1.82, 2.24) is 5.16 Å². The molecule has 0 fully saturated rings. The summed E-state index contributed by atoms with van der Waals surface area (Å²) in [5.41, 5.74) is -0.0677. The molecule has 0 saturated heterocycles. The van der Waals surface area contributed by atoms with Gasteiger partial charge in [0, 0.05) is 6.54 Å². The first-order chi connectivity index (χ1) is 5.61. The third kappa shape index (κ3) is 1.88. The Kier molecular flexibility index (Phi) is 2.54. The van der Waals surface area contributed by atoms with Crippen molar-refractivity contribution in [2.45, 2.75) is 13.8 Å². The minimum atomic E-state index is -0.432. The number of nitrogens with zero attached hydrogens (tertiary/aromatic N) is 1. The number of nitrogens with two attached hydrogens (primary N) is 1. The van der Waals surface area contributed by atoms with Crippen LogP contribution in [-0.4, -0.2) is 11.7 Å². The summed E-state index contributed by atoms with van der Waals surface area (Å²) < 4.78 is 4.46. The molecule has 0 unspecified atom stereocenters. The van der Waals surface area contributed by atoms with Gasteiger partial charge in [-0.05, 0) is 5.92 Å². The highest BCUT2D eigenvalue weighted by Gasteiger charge is 2.09. The number of hydrogen-bond donors (Lipinski definition) is 2. The van der Waals surface area contributed by atoms with Crippen molar-refractivity contribution in [2.75, 3.05) is 11.6 Å². The van der Waals surface area contributed by atoms with E-state index in [2.05, 4.69) is 9.68 Å². The smallest absolute Gasteiger partial charge is 0.337 e. The zero-order valence-electron chi connectivity index (χ0n) is 7.20. The maximum Gasteiger partial charge on any atom is 0.381 e. The molecule has 0 amide bonds. The molecular weight excluding hydrogens is 158 g/mol. The summed E-state index contributed by atoms with van der Waals surface area (Å²) in [5, 5.41) is 3.72. The van der Waals surface area contributed by atoms with Gasteiger partial charge in [-0.2, -0.15) is 0 Å². The van der Waals surface area contributed by atoms with Crippen LogP contribution in [-0.2, 0) is 0 Å². The third-order valence-corrected chi connectivity index (χ3v) is 1.43. The van der Waals surface area contributed by atoms with Crippen LogP contribution in [0.4, 0.5) is 5.69 Å². The van der Waals surface area contributed by atoms with Crippen LogP contribution >= 0.6 is 0 Å². The average molecular weight is 171 g/mol. The molecule has 0 atom stereocenters. The Hall–Kier alpha value is -1.23. The standard InChI is InChI=1S/C7H13N3O2/c1-5(2)4-10(8)6-3-9-12-7(6)11/h3,5,9H,4,8H2,1-2H3. The van der Waals surface area contributed by atoms with E-state index in [-0.39, 0.29) is 0 Å². The Bertz CT molecular complexity index is 289. The van der Waals surface area contributed by atoms with Gasteiger partial charge < -0.3 is 9.53 Å². The van der Waals surface area contributed by atoms with Gasteiger partial charge in [-0.25, -0.2) is 15.8 Å². The zero-order chi connectivity index (χ0) is 9.14. The predicted octanol–water partition coefficient (Wildman–Crippen LogP) is 0.304. The van der Waals surface area contributed by atoms with E-state index in [1.54, 1.807) is 0 Å². The lowest BCUT2D eigenvalue weighted by atomic mass is 10.2. The van der Waals surface area contributed by atoms with Crippen LogP contribution in [0.3, 0.4) is 0 Å². The summed E-state index contributed by atoms with van der Waals surface area (Å²) in [6, 6.07) is 0. The molecule has 0 spiro atoms. The minimum Gasteiger partial charge on any atom is -0.337 e. The van der Waals surface area contributed by atoms with Crippen LogP contribution < -0.4 is 16.5 Å². The molecule has 1 aromatic heterocycles. The molecule has 1 heterocycles. The van der Waals surface area contributed by atoms with Crippen LogP contribution in [0.5, 0.6) is 0 Å². The molecule has 5 nitrogen and oxygen atoms in total. The molecule has 0 aliphatic heterocycles. The van der Waals surface area contributed by atoms with E-state index in [1.807, 2.05) is 13.8 Å². The SMILES string of the molecule is CC(C)CN(N)c1c[nH]oc1=O. The Morgan fingerprint density at radius 3 is 2.83 bits per heavy atom. The lowest BCUT2D eigenvalue weighted by Crippen LogP contribution is -2.36. The summed E-state index contributed by atoms with van der Waals surface area (Å²) in [6.07, 6.45) is 1.45. The van der Waals surface area contributed by atoms with Crippen LogP contribution in [0.2, 0.25) is 0 Å². The normalized spacial score (nSPS) is 10.7. The van der Waals surface area contributed by atoms with Gasteiger partial charge in [-0.3, -0.25) is 0 Å². The van der Waals surface area contributed by atoms with E-state index >= 15 is 0 Å². The van der Waals surface area contributed by atoms with Gasteiger partial charge in [0.2, 0.25) is 0 Å². The highest BCUT2D eigenvalue weighted by molar-refractivity contribution is 5.38. The van der Waals surface area contributed by atoms with E-state index in [1.165, 1.54) is 11.2 Å². The molecule has 5 heteroatoms. The van der Waals surface area contributed by atoms with E-state index in [9.17, 15) is 4.79 Å². The highest BCUT2D eigenvalue weighted by atomic mass is 16.5. The molecule has 0 aliphatic carbocycles. The zero-order valence-corrected chi connectivity index (χ0v) is 7.20. The molecular formula is C7H13N3O2. The Balaban J connectivity index is 2.71. The highest BCUT2D eigenvalue weighted by Crippen LogP contribution is 2.04. The number of H-pyrrole nitrogens is 1. The number of anilines is 1. The molecule has 1 aromatic rings. The van der Waals surface area contributed by atoms with Crippen molar-refractivity contribution in [3.63, 3.8) is 0 Å². The second kappa shape index (κ2) is 3.44. The fourth-order valence-electron chi connectivity index (χ4n) is 0.942. The summed E-state index contributed by atoms with van der Waals surface area (Å²) >= 11 is 0. The molecule has 12 heavy (non-hydrogen) atoms. The first kappa shape index (κ1) is 8.86. The number of nitrogens with one attached hydrogen (secondary N) is 1. The van der Waals surface area contributed by atoms with Gasteiger partial charge in [-0.1, -0.05) is 13.8 Å². The van der Waals surface area contributed by atoms with Gasteiger partial charge in [0.25, 0.3) is 0 Å². The number of aromatic amines is 1. The average Bonchev–Trinajstić information content (AvgIpc) is 2.33. The Labute approximate surface area is 70.1 Å². The van der Waals surface area contributed by atoms with Crippen molar-refractivity contribution < 1.29 is 4.52 Å². The van der Waals surface area contributed by atoms with Crippen LogP contribution in [0.15, 0.2) is 15.5 Å². The van der Waals surface area contributed by atoms with Crippen molar-refractivity contribution in [3.8, 4) is 0 Å². The topological polar surface area (TPSA) is 75.3 Å². The van der Waals surface area contributed by atoms with Crippen molar-refractivity contribution in [2.24, 2.45) is 11.8 Å². The second-order valence-electron chi connectivity index (χ2n) is 3.08. The lowest BCUT2D eigenvalue weighted by Gasteiger charge is -2.16. The maximum absolute atomic E-state index is 10.9. The number of hydrogen-bond acceptors (Lipinski definition) is 4. The Morgan fingerprint density at radius 1 is 1.75 bits per heavy atom. The summed E-state index contributed by atoms with van der Waals surface area (Å²) in [5.74, 6) is 6.00. The fourth-order valence-corrected chi connectivity index (χ4v) is 0.942. The van der Waals surface area contributed by atoms with Crippen molar-refractivity contribution >= 4 is 5.69 Å². The maximum atomic E-state index is 10.9. The number of aromatic nitrogens is 1. The second-order valence-corrected chi connectivity index (χ2v) is 3.08. The van der Waals surface area contributed by atoms with E-state index < -0.39 is 5.63 Å². The molecule has 68 valence electrons. The van der Waals surface area contributed by atoms with Gasteiger partial charge in [0.15, 0.2) is 5.69 Å². The van der Waals surface area contributed by atoms with Crippen LogP contribution in [0, 0.1) is 5.92 Å². The molecule has 1 rings (SSSR count). The summed E-state index contributed by atoms with van der Waals surface area (Å²) in [7, 11) is 0. The molecule has 0 aliphatic rings. The molecule has 3 N–H and O–H groups in total. The minimum absolute atomic E-state index is 0.365. The van der Waals surface area contributed by atoms with Crippen LogP contribution in [0.1, 0.15) is 13.8 Å². The first-order valence-electron chi connectivity index (χ1n) is 3.80. The van der Waals surface area contributed by atoms with Crippen molar-refractivity contribution in [1.29, 1.82) is 0 Å². The summed E-state index contributed by atoms with van der Waals surface area (Å²) in [6.45, 7) is 4.67. The van der Waals surface area contributed by atoms with Gasteiger partial charge in [0.05, 0.1) is 6.20 Å². The monoisotopic (exact) mass is 171 g/mol. The van der Waals surface area contributed by atoms with E-state index in [0.717, 1.165) is 0 Å². The lowest BCUT2D eigenvalue weighted by molar-refractivity contribution is 0.391. The largest absolute Gasteiger partial charge is 0.381 e. The number of hydrazine groups is 1. The predicted molar refractivity (Wildman–Crippen MR) is 45.7 cm³/mol. The van der Waals surface area contributed by atoms with E-state index in [0.29, 0.717) is 18.2 Å². The van der Waals surface area contributed by atoms with Gasteiger partial charge in [0.1, 0.15) is 0 Å². The third-order valence-electron chi connectivity index (χ3n) is 1.43. The quantitative estimate of drug-likeness (QED) is 0.506. The number of rotatable bonds is 3. The molecule has 0 radical (unpaired) electrons. The molecule has 0 aromatic carbocycles. The first-order valence-corrected chi connectivity index (χ1v) is 3.80. The summed E-state index contributed by atoms with van der Waals surface area (Å²) in [4.78, 5) is 10.9. The fraction of sp³-hybridized carbons (Fsp3) is 0.571.